The fourth-order valence-electron chi connectivity index (χ4n) is 3.37. The van der Waals surface area contributed by atoms with Crippen molar-refractivity contribution < 1.29 is 22.8 Å². The van der Waals surface area contributed by atoms with Crippen molar-refractivity contribution in [3.8, 4) is 0 Å². The lowest BCUT2D eigenvalue weighted by Gasteiger charge is -2.16. The smallest absolute Gasteiger partial charge is 0.318 e. The molecule has 2 amide bonds. The van der Waals surface area contributed by atoms with E-state index in [0.717, 1.165) is 9.47 Å². The van der Waals surface area contributed by atoms with Crippen molar-refractivity contribution in [3.05, 3.63) is 59.4 Å². The Hall–Kier alpha value is -3.16. The van der Waals surface area contributed by atoms with Crippen molar-refractivity contribution in [2.75, 3.05) is 4.90 Å². The lowest BCUT2D eigenvalue weighted by molar-refractivity contribution is -0.147. The predicted octanol–water partition coefficient (Wildman–Crippen LogP) is 4.44. The van der Waals surface area contributed by atoms with Gasteiger partial charge in [-0.25, -0.2) is 9.88 Å². The second kappa shape index (κ2) is 5.67. The van der Waals surface area contributed by atoms with Crippen LogP contribution in [0, 0.1) is 0 Å². The largest absolute Gasteiger partial charge is 0.449 e. The Bertz CT molecular complexity index is 1060. The number of benzene rings is 2. The van der Waals surface area contributed by atoms with Gasteiger partial charge in [-0.15, -0.1) is 0 Å². The molecule has 8 heteroatoms. The molecule has 4 rings (SSSR count). The van der Waals surface area contributed by atoms with E-state index in [9.17, 15) is 22.8 Å². The van der Waals surface area contributed by atoms with E-state index in [0.29, 0.717) is 0 Å². The van der Waals surface area contributed by atoms with Gasteiger partial charge in [0.15, 0.2) is 0 Å². The summed E-state index contributed by atoms with van der Waals surface area (Å²) in [7, 11) is 0. The third-order valence-electron chi connectivity index (χ3n) is 4.50. The fourth-order valence-corrected chi connectivity index (χ4v) is 3.37. The van der Waals surface area contributed by atoms with Crippen LogP contribution in [0.1, 0.15) is 46.4 Å². The number of hydrogen-bond acceptors (Lipinski definition) is 3. The van der Waals surface area contributed by atoms with Crippen LogP contribution in [0.5, 0.6) is 0 Å². The number of nitrogens with zero attached hydrogens (tertiary/aromatic N) is 3. The van der Waals surface area contributed by atoms with Crippen LogP contribution in [-0.4, -0.2) is 21.4 Å². The van der Waals surface area contributed by atoms with E-state index in [2.05, 4.69) is 4.98 Å². The molecule has 0 unspecified atom stereocenters. The highest BCUT2D eigenvalue weighted by Crippen LogP contribution is 2.36. The summed E-state index contributed by atoms with van der Waals surface area (Å²) >= 11 is 0. The maximum absolute atomic E-state index is 13.3. The highest BCUT2D eigenvalue weighted by atomic mass is 19.4. The highest BCUT2D eigenvalue weighted by molar-refractivity contribution is 6.34. The highest BCUT2D eigenvalue weighted by Gasteiger charge is 2.39. The van der Waals surface area contributed by atoms with Gasteiger partial charge in [0.05, 0.1) is 27.8 Å². The van der Waals surface area contributed by atoms with Gasteiger partial charge in [0, 0.05) is 6.04 Å². The number of carbonyl (C=O) groups excluding carboxylic acids is 2. The number of rotatable bonds is 2. The SMILES string of the molecule is CC(C)n1c(C(F)(F)F)nc2cc(N3C(=O)c4ccccc4C3=O)ccc21. The van der Waals surface area contributed by atoms with Crippen LogP contribution in [0.4, 0.5) is 18.9 Å². The molecule has 0 saturated heterocycles. The van der Waals surface area contributed by atoms with Gasteiger partial charge >= 0.3 is 6.18 Å². The zero-order chi connectivity index (χ0) is 19.5. The van der Waals surface area contributed by atoms with E-state index in [1.807, 2.05) is 0 Å². The van der Waals surface area contributed by atoms with Gasteiger partial charge in [0.2, 0.25) is 5.82 Å². The van der Waals surface area contributed by atoms with E-state index in [1.165, 1.54) is 18.2 Å². The number of fused-ring (bicyclic) bond motifs is 2. The fraction of sp³-hybridized carbons (Fsp3) is 0.211. The molecule has 2 heterocycles. The molecule has 0 N–H and O–H groups in total. The van der Waals surface area contributed by atoms with Crippen molar-refractivity contribution in [2.45, 2.75) is 26.1 Å². The summed E-state index contributed by atoms with van der Waals surface area (Å²) in [6.45, 7) is 3.27. The molecule has 0 fully saturated rings. The molecule has 1 aliphatic rings. The number of alkyl halides is 3. The van der Waals surface area contributed by atoms with Gasteiger partial charge in [0.25, 0.3) is 11.8 Å². The minimum Gasteiger partial charge on any atom is -0.318 e. The summed E-state index contributed by atoms with van der Waals surface area (Å²) in [5, 5.41) is 0. The van der Waals surface area contributed by atoms with Crippen LogP contribution in [0.25, 0.3) is 11.0 Å². The Morgan fingerprint density at radius 2 is 1.56 bits per heavy atom. The molecular weight excluding hydrogens is 359 g/mol. The first-order valence-electron chi connectivity index (χ1n) is 8.27. The summed E-state index contributed by atoms with van der Waals surface area (Å²) in [5.41, 5.74) is 1.09. The first kappa shape index (κ1) is 17.3. The number of hydrogen-bond donors (Lipinski definition) is 0. The molecule has 0 bridgehead atoms. The Kier molecular flexibility index (Phi) is 3.62. The number of halogens is 3. The molecule has 3 aromatic rings. The quantitative estimate of drug-likeness (QED) is 0.624. The van der Waals surface area contributed by atoms with Crippen molar-refractivity contribution in [3.63, 3.8) is 0 Å². The first-order valence-corrected chi connectivity index (χ1v) is 8.27. The molecule has 0 saturated carbocycles. The molecule has 138 valence electrons. The standard InChI is InChI=1S/C19H14F3N3O2/c1-10(2)24-15-8-7-11(9-14(15)23-18(24)19(20,21)22)25-16(26)12-5-3-4-6-13(12)17(25)27/h3-10H,1-2H3. The van der Waals surface area contributed by atoms with Crippen molar-refractivity contribution in [1.82, 2.24) is 9.55 Å². The number of carbonyl (C=O) groups is 2. The third-order valence-corrected chi connectivity index (χ3v) is 4.50. The van der Waals surface area contributed by atoms with Crippen LogP contribution >= 0.6 is 0 Å². The van der Waals surface area contributed by atoms with Crippen molar-refractivity contribution >= 4 is 28.5 Å². The monoisotopic (exact) mass is 373 g/mol. The lowest BCUT2D eigenvalue weighted by Crippen LogP contribution is -2.29. The molecule has 0 atom stereocenters. The second-order valence-corrected chi connectivity index (χ2v) is 6.56. The van der Waals surface area contributed by atoms with Gasteiger partial charge in [-0.2, -0.15) is 13.2 Å². The minimum atomic E-state index is -4.61. The molecular formula is C19H14F3N3O2. The second-order valence-electron chi connectivity index (χ2n) is 6.56. The summed E-state index contributed by atoms with van der Waals surface area (Å²) in [5.74, 6) is -2.02. The molecule has 5 nitrogen and oxygen atoms in total. The van der Waals surface area contributed by atoms with Crippen LogP contribution < -0.4 is 4.90 Å². The van der Waals surface area contributed by atoms with Crippen LogP contribution in [0.2, 0.25) is 0 Å². The number of amides is 2. The minimum absolute atomic E-state index is 0.0741. The normalized spacial score (nSPS) is 14.5. The zero-order valence-corrected chi connectivity index (χ0v) is 14.4. The van der Waals surface area contributed by atoms with Gasteiger partial charge in [0.1, 0.15) is 0 Å². The van der Waals surface area contributed by atoms with Gasteiger partial charge < -0.3 is 4.57 Å². The maximum Gasteiger partial charge on any atom is 0.449 e. The average molecular weight is 373 g/mol. The number of imide groups is 1. The lowest BCUT2D eigenvalue weighted by atomic mass is 10.1. The summed E-state index contributed by atoms with van der Waals surface area (Å²) in [6, 6.07) is 10.2. The van der Waals surface area contributed by atoms with E-state index in [1.54, 1.807) is 38.1 Å². The van der Waals surface area contributed by atoms with Crippen molar-refractivity contribution in [2.24, 2.45) is 0 Å². The molecule has 0 radical (unpaired) electrons. The van der Waals surface area contributed by atoms with Gasteiger partial charge in [-0.05, 0) is 44.2 Å². The predicted molar refractivity (Wildman–Crippen MR) is 92.7 cm³/mol. The summed E-state index contributed by atoms with van der Waals surface area (Å²) in [4.78, 5) is 29.9. The Morgan fingerprint density at radius 1 is 0.963 bits per heavy atom. The Morgan fingerprint density at radius 3 is 2.07 bits per heavy atom. The zero-order valence-electron chi connectivity index (χ0n) is 14.4. The molecule has 0 spiro atoms. The Labute approximate surface area is 152 Å². The topological polar surface area (TPSA) is 55.2 Å². The number of imidazole rings is 1. The van der Waals surface area contributed by atoms with Gasteiger partial charge in [-0.1, -0.05) is 12.1 Å². The first-order chi connectivity index (χ1) is 12.7. The average Bonchev–Trinajstić information content (AvgIpc) is 3.11. The van der Waals surface area contributed by atoms with Crippen LogP contribution in [0.3, 0.4) is 0 Å². The number of aromatic nitrogens is 2. The van der Waals surface area contributed by atoms with Crippen molar-refractivity contribution in [1.29, 1.82) is 0 Å². The van der Waals surface area contributed by atoms with E-state index in [-0.39, 0.29) is 27.8 Å². The summed E-state index contributed by atoms with van der Waals surface area (Å²) < 4.78 is 41.1. The van der Waals surface area contributed by atoms with Crippen LogP contribution in [0.15, 0.2) is 42.5 Å². The van der Waals surface area contributed by atoms with Gasteiger partial charge in [-0.3, -0.25) is 9.59 Å². The Balaban J connectivity index is 1.86. The summed E-state index contributed by atoms with van der Waals surface area (Å²) in [6.07, 6.45) is -4.61. The number of anilines is 1. The molecule has 0 aliphatic carbocycles. The third kappa shape index (κ3) is 2.51. The van der Waals surface area contributed by atoms with E-state index >= 15 is 0 Å². The van der Waals surface area contributed by atoms with E-state index in [4.69, 9.17) is 0 Å². The molecule has 1 aromatic heterocycles. The molecule has 27 heavy (non-hydrogen) atoms. The van der Waals surface area contributed by atoms with Crippen LogP contribution in [-0.2, 0) is 6.18 Å². The molecule has 1 aliphatic heterocycles. The van der Waals surface area contributed by atoms with E-state index < -0.39 is 29.9 Å². The molecule has 2 aromatic carbocycles. The maximum atomic E-state index is 13.3.